The third kappa shape index (κ3) is 2.48. The van der Waals surface area contributed by atoms with Gasteiger partial charge in [0.1, 0.15) is 0 Å². The van der Waals surface area contributed by atoms with Gasteiger partial charge in [0.25, 0.3) is 0 Å². The Kier molecular flexibility index (Phi) is 3.22. The molecule has 0 spiro atoms. The first kappa shape index (κ1) is 10.4. The summed E-state index contributed by atoms with van der Waals surface area (Å²) in [5.41, 5.74) is 5.68. The third-order valence-electron chi connectivity index (χ3n) is 3.16. The molecule has 0 bridgehead atoms. The van der Waals surface area contributed by atoms with E-state index in [9.17, 15) is 0 Å². The Bertz CT molecular complexity index is 377. The molecule has 15 heavy (non-hydrogen) atoms. The van der Waals surface area contributed by atoms with Gasteiger partial charge in [0.15, 0.2) is 0 Å². The van der Waals surface area contributed by atoms with Crippen molar-refractivity contribution < 1.29 is 0 Å². The summed E-state index contributed by atoms with van der Waals surface area (Å²) < 4.78 is 0. The van der Waals surface area contributed by atoms with E-state index in [2.05, 4.69) is 43.4 Å². The molecule has 0 radical (unpaired) electrons. The lowest BCUT2D eigenvalue weighted by molar-refractivity contribution is 0.718. The van der Waals surface area contributed by atoms with Crippen molar-refractivity contribution in [1.82, 2.24) is 5.32 Å². The van der Waals surface area contributed by atoms with Gasteiger partial charge in [0, 0.05) is 0 Å². The van der Waals surface area contributed by atoms with Crippen LogP contribution in [0.25, 0.3) is 5.57 Å². The monoisotopic (exact) mass is 201 g/mol. The van der Waals surface area contributed by atoms with Gasteiger partial charge in [-0.1, -0.05) is 24.3 Å². The molecule has 0 fully saturated rings. The predicted molar refractivity (Wildman–Crippen MR) is 66.0 cm³/mol. The van der Waals surface area contributed by atoms with E-state index in [1.54, 1.807) is 0 Å². The van der Waals surface area contributed by atoms with Gasteiger partial charge < -0.3 is 5.32 Å². The van der Waals surface area contributed by atoms with Gasteiger partial charge in [-0.3, -0.25) is 0 Å². The summed E-state index contributed by atoms with van der Waals surface area (Å²) in [6.45, 7) is 6.59. The van der Waals surface area contributed by atoms with E-state index in [1.807, 2.05) is 0 Å². The average molecular weight is 201 g/mol. The molecule has 1 heteroatoms. The van der Waals surface area contributed by atoms with Crippen molar-refractivity contribution in [3.05, 3.63) is 41.0 Å². The summed E-state index contributed by atoms with van der Waals surface area (Å²) >= 11 is 0. The third-order valence-corrected chi connectivity index (χ3v) is 3.16. The molecular weight excluding hydrogens is 182 g/mol. The van der Waals surface area contributed by atoms with E-state index in [0.717, 1.165) is 25.9 Å². The lowest BCUT2D eigenvalue weighted by Gasteiger charge is -2.08. The van der Waals surface area contributed by atoms with Crippen LogP contribution in [0.5, 0.6) is 0 Å². The van der Waals surface area contributed by atoms with Crippen LogP contribution in [0.3, 0.4) is 0 Å². The fraction of sp³-hybridized carbons (Fsp3) is 0.429. The molecule has 80 valence electrons. The Morgan fingerprint density at radius 2 is 1.93 bits per heavy atom. The zero-order chi connectivity index (χ0) is 10.7. The van der Waals surface area contributed by atoms with E-state index in [1.165, 1.54) is 22.3 Å². The maximum Gasteiger partial charge on any atom is -0.000812 e. The van der Waals surface area contributed by atoms with Gasteiger partial charge in [0.2, 0.25) is 0 Å². The lowest BCUT2D eigenvalue weighted by atomic mass is 9.98. The molecule has 1 aliphatic heterocycles. The van der Waals surface area contributed by atoms with Crippen LogP contribution in [-0.4, -0.2) is 13.1 Å². The van der Waals surface area contributed by atoms with Gasteiger partial charge >= 0.3 is 0 Å². The maximum atomic E-state index is 3.42. The van der Waals surface area contributed by atoms with E-state index >= 15 is 0 Å². The second-order valence-corrected chi connectivity index (χ2v) is 4.32. The van der Waals surface area contributed by atoms with Crippen LogP contribution >= 0.6 is 0 Å². The molecule has 1 N–H and O–H groups in total. The quantitative estimate of drug-likeness (QED) is 0.736. The average Bonchev–Trinajstić information content (AvgIpc) is 2.50. The Labute approximate surface area is 92.2 Å². The highest BCUT2D eigenvalue weighted by molar-refractivity contribution is 5.66. The Morgan fingerprint density at radius 3 is 2.73 bits per heavy atom. The Balaban J connectivity index is 2.27. The van der Waals surface area contributed by atoms with Gasteiger partial charge in [-0.05, 0) is 62.0 Å². The first-order valence-electron chi connectivity index (χ1n) is 5.75. The van der Waals surface area contributed by atoms with Gasteiger partial charge in [-0.2, -0.15) is 0 Å². The van der Waals surface area contributed by atoms with Crippen molar-refractivity contribution in [3.8, 4) is 0 Å². The highest BCUT2D eigenvalue weighted by Gasteiger charge is 2.05. The summed E-state index contributed by atoms with van der Waals surface area (Å²) in [7, 11) is 0. The van der Waals surface area contributed by atoms with Crippen LogP contribution in [0.1, 0.15) is 29.5 Å². The molecule has 0 atom stereocenters. The Hall–Kier alpha value is -1.08. The van der Waals surface area contributed by atoms with E-state index in [0.29, 0.717) is 0 Å². The molecular formula is C14H19N. The van der Waals surface area contributed by atoms with Crippen LogP contribution in [0.2, 0.25) is 0 Å². The first-order chi connectivity index (χ1) is 7.27. The van der Waals surface area contributed by atoms with Crippen molar-refractivity contribution in [2.75, 3.05) is 13.1 Å². The van der Waals surface area contributed by atoms with Crippen molar-refractivity contribution in [1.29, 1.82) is 0 Å². The molecule has 1 heterocycles. The van der Waals surface area contributed by atoms with Crippen molar-refractivity contribution in [2.24, 2.45) is 0 Å². The molecule has 0 saturated carbocycles. The summed E-state index contributed by atoms with van der Waals surface area (Å²) in [6.07, 6.45) is 4.69. The molecule has 1 aromatic carbocycles. The smallest absolute Gasteiger partial charge is 0.000812 e. The molecule has 0 amide bonds. The minimum Gasteiger partial charge on any atom is -0.316 e. The molecule has 0 unspecified atom stereocenters. The second-order valence-electron chi connectivity index (χ2n) is 4.32. The van der Waals surface area contributed by atoms with E-state index < -0.39 is 0 Å². The topological polar surface area (TPSA) is 12.0 Å². The number of hydrogen-bond acceptors (Lipinski definition) is 1. The first-order valence-corrected chi connectivity index (χ1v) is 5.75. The number of rotatable bonds is 1. The molecule has 0 aliphatic carbocycles. The summed E-state index contributed by atoms with van der Waals surface area (Å²) in [6, 6.07) is 6.79. The Morgan fingerprint density at radius 1 is 1.07 bits per heavy atom. The van der Waals surface area contributed by atoms with Crippen LogP contribution in [0, 0.1) is 13.8 Å². The van der Waals surface area contributed by atoms with Crippen molar-refractivity contribution >= 4 is 5.57 Å². The zero-order valence-electron chi connectivity index (χ0n) is 9.64. The highest BCUT2D eigenvalue weighted by Crippen LogP contribution is 2.22. The van der Waals surface area contributed by atoms with E-state index in [4.69, 9.17) is 0 Å². The van der Waals surface area contributed by atoms with Gasteiger partial charge in [-0.15, -0.1) is 0 Å². The van der Waals surface area contributed by atoms with Crippen molar-refractivity contribution in [3.63, 3.8) is 0 Å². The molecule has 1 aromatic rings. The van der Waals surface area contributed by atoms with Crippen LogP contribution < -0.4 is 5.32 Å². The largest absolute Gasteiger partial charge is 0.316 e. The van der Waals surface area contributed by atoms with Crippen LogP contribution in [0.15, 0.2) is 24.3 Å². The molecule has 0 saturated heterocycles. The molecule has 2 rings (SSSR count). The number of hydrogen-bond donors (Lipinski definition) is 1. The fourth-order valence-corrected chi connectivity index (χ4v) is 2.00. The maximum absolute atomic E-state index is 3.42. The SMILES string of the molecule is Cc1ccc(C2=CCCNCC2)cc1C. The minimum atomic E-state index is 1.11. The fourth-order valence-electron chi connectivity index (χ4n) is 2.00. The summed E-state index contributed by atoms with van der Waals surface area (Å²) in [5, 5.41) is 3.42. The molecule has 0 aromatic heterocycles. The van der Waals surface area contributed by atoms with Crippen molar-refractivity contribution in [2.45, 2.75) is 26.7 Å². The second kappa shape index (κ2) is 4.63. The van der Waals surface area contributed by atoms with Crippen LogP contribution in [-0.2, 0) is 0 Å². The standard InChI is InChI=1S/C14H19N/c1-11-5-6-14(10-12(11)2)13-4-3-8-15-9-7-13/h4-6,10,15H,3,7-9H2,1-2H3. The summed E-state index contributed by atoms with van der Waals surface area (Å²) in [4.78, 5) is 0. The van der Waals surface area contributed by atoms with Crippen LogP contribution in [0.4, 0.5) is 0 Å². The number of nitrogens with one attached hydrogen (secondary N) is 1. The lowest BCUT2D eigenvalue weighted by Crippen LogP contribution is -2.13. The highest BCUT2D eigenvalue weighted by atomic mass is 14.8. The minimum absolute atomic E-state index is 1.11. The summed E-state index contributed by atoms with van der Waals surface area (Å²) in [5.74, 6) is 0. The van der Waals surface area contributed by atoms with Gasteiger partial charge in [-0.25, -0.2) is 0 Å². The normalized spacial score (nSPS) is 17.1. The molecule has 1 nitrogen and oxygen atoms in total. The molecule has 1 aliphatic rings. The van der Waals surface area contributed by atoms with E-state index in [-0.39, 0.29) is 0 Å². The van der Waals surface area contributed by atoms with Gasteiger partial charge in [0.05, 0.1) is 0 Å². The number of aryl methyl sites for hydroxylation is 2. The zero-order valence-corrected chi connectivity index (χ0v) is 9.64. The number of benzene rings is 1. The predicted octanol–water partition coefficient (Wildman–Crippen LogP) is 3.07.